The van der Waals surface area contributed by atoms with Crippen LogP contribution in [0, 0.1) is 10.1 Å². The fourth-order valence-corrected chi connectivity index (χ4v) is 2.93. The van der Waals surface area contributed by atoms with E-state index in [4.69, 9.17) is 0 Å². The molecule has 7 nitrogen and oxygen atoms in total. The summed E-state index contributed by atoms with van der Waals surface area (Å²) in [5.74, 6) is -0.432. The third kappa shape index (κ3) is 1.51. The molecular formula is C12H11N3O4. The van der Waals surface area contributed by atoms with E-state index in [-0.39, 0.29) is 5.69 Å². The predicted molar refractivity (Wildman–Crippen MR) is 64.4 cm³/mol. The van der Waals surface area contributed by atoms with Gasteiger partial charge in [-0.3, -0.25) is 20.2 Å². The molecule has 0 bridgehead atoms. The summed E-state index contributed by atoms with van der Waals surface area (Å²) in [5, 5.41) is 15.9. The van der Waals surface area contributed by atoms with E-state index in [1.54, 1.807) is 12.1 Å². The number of imide groups is 1. The monoisotopic (exact) mass is 261 g/mol. The van der Waals surface area contributed by atoms with Gasteiger partial charge in [-0.15, -0.1) is 0 Å². The van der Waals surface area contributed by atoms with E-state index in [1.807, 2.05) is 0 Å². The molecule has 3 amide bonds. The van der Waals surface area contributed by atoms with E-state index in [0.29, 0.717) is 30.4 Å². The highest BCUT2D eigenvalue weighted by molar-refractivity contribution is 6.07. The van der Waals surface area contributed by atoms with Crippen LogP contribution in [0.15, 0.2) is 18.2 Å². The third-order valence-electron chi connectivity index (χ3n) is 3.73. The van der Waals surface area contributed by atoms with Gasteiger partial charge in [0.1, 0.15) is 5.54 Å². The van der Waals surface area contributed by atoms with Gasteiger partial charge in [-0.05, 0) is 24.8 Å². The largest absolute Gasteiger partial charge is 0.322 e. The lowest BCUT2D eigenvalue weighted by Gasteiger charge is -2.32. The van der Waals surface area contributed by atoms with Crippen LogP contribution in [0.4, 0.5) is 10.5 Å². The van der Waals surface area contributed by atoms with Gasteiger partial charge in [0.2, 0.25) is 0 Å². The Bertz CT molecular complexity index is 613. The minimum absolute atomic E-state index is 0.00511. The quantitative estimate of drug-likeness (QED) is 0.446. The highest BCUT2D eigenvalue weighted by atomic mass is 16.6. The summed E-state index contributed by atoms with van der Waals surface area (Å²) in [4.78, 5) is 34.0. The summed E-state index contributed by atoms with van der Waals surface area (Å²) >= 11 is 0. The van der Waals surface area contributed by atoms with Gasteiger partial charge in [-0.25, -0.2) is 4.79 Å². The van der Waals surface area contributed by atoms with E-state index >= 15 is 0 Å². The first-order valence-electron chi connectivity index (χ1n) is 5.95. The molecule has 1 heterocycles. The molecule has 1 fully saturated rings. The second-order valence-corrected chi connectivity index (χ2v) is 4.73. The molecule has 1 spiro atoms. The van der Waals surface area contributed by atoms with Crippen molar-refractivity contribution in [2.24, 2.45) is 0 Å². The zero-order chi connectivity index (χ0) is 13.6. The molecule has 1 atom stereocenters. The number of hydrogen-bond acceptors (Lipinski definition) is 4. The van der Waals surface area contributed by atoms with Gasteiger partial charge in [0, 0.05) is 11.6 Å². The Hall–Kier alpha value is -2.44. The molecule has 0 aromatic heterocycles. The molecule has 1 saturated heterocycles. The maximum Gasteiger partial charge on any atom is 0.322 e. The summed E-state index contributed by atoms with van der Waals surface area (Å²) < 4.78 is 0. The van der Waals surface area contributed by atoms with Gasteiger partial charge in [0.05, 0.1) is 4.92 Å². The normalized spacial score (nSPS) is 24.8. The van der Waals surface area contributed by atoms with Crippen molar-refractivity contribution in [1.29, 1.82) is 0 Å². The summed E-state index contributed by atoms with van der Waals surface area (Å²) in [6.07, 6.45) is 1.61. The number of nitro groups is 1. The SMILES string of the molecule is O=C1NC(=O)[C@]2(CCCc3c([N+](=O)[O-])cccc32)N1. The Balaban J connectivity index is 2.21. The van der Waals surface area contributed by atoms with Crippen molar-refractivity contribution < 1.29 is 14.5 Å². The summed E-state index contributed by atoms with van der Waals surface area (Å²) in [6.45, 7) is 0. The van der Waals surface area contributed by atoms with Gasteiger partial charge < -0.3 is 5.32 Å². The van der Waals surface area contributed by atoms with Crippen LogP contribution in [0.1, 0.15) is 24.0 Å². The molecule has 1 aromatic carbocycles. The van der Waals surface area contributed by atoms with Crippen LogP contribution in [0.25, 0.3) is 0 Å². The Kier molecular flexibility index (Phi) is 2.31. The molecule has 1 aliphatic heterocycles. The Morgan fingerprint density at radius 2 is 2.11 bits per heavy atom. The van der Waals surface area contributed by atoms with Gasteiger partial charge in [-0.1, -0.05) is 12.1 Å². The number of fused-ring (bicyclic) bond motifs is 2. The molecule has 0 saturated carbocycles. The standard InChI is InChI=1S/C12H11N3O4/c16-10-12(14-11(17)13-10)6-2-3-7-8(12)4-1-5-9(7)15(18)19/h1,4-5H,2-3,6H2,(H2,13,14,16,17)/t12-/m1/s1. The zero-order valence-corrected chi connectivity index (χ0v) is 9.93. The highest BCUT2D eigenvalue weighted by Gasteiger charge is 2.50. The number of hydrogen-bond donors (Lipinski definition) is 2. The predicted octanol–water partition coefficient (Wildman–Crippen LogP) is 0.966. The van der Waals surface area contributed by atoms with E-state index in [2.05, 4.69) is 10.6 Å². The minimum Gasteiger partial charge on any atom is -0.319 e. The summed E-state index contributed by atoms with van der Waals surface area (Å²) in [5.41, 5.74) is -0.0608. The number of benzene rings is 1. The van der Waals surface area contributed by atoms with Crippen LogP contribution in [0.3, 0.4) is 0 Å². The van der Waals surface area contributed by atoms with E-state index in [0.717, 1.165) is 0 Å². The minimum atomic E-state index is -1.14. The lowest BCUT2D eigenvalue weighted by molar-refractivity contribution is -0.385. The van der Waals surface area contributed by atoms with E-state index in [9.17, 15) is 19.7 Å². The number of nitrogens with zero attached hydrogens (tertiary/aromatic N) is 1. The molecule has 19 heavy (non-hydrogen) atoms. The average molecular weight is 261 g/mol. The first-order valence-corrected chi connectivity index (χ1v) is 5.95. The van der Waals surface area contributed by atoms with Crippen LogP contribution >= 0.6 is 0 Å². The highest BCUT2D eigenvalue weighted by Crippen LogP contribution is 2.40. The van der Waals surface area contributed by atoms with Crippen molar-refractivity contribution in [3.8, 4) is 0 Å². The first-order chi connectivity index (χ1) is 9.04. The molecule has 0 unspecified atom stereocenters. The van der Waals surface area contributed by atoms with E-state index in [1.165, 1.54) is 6.07 Å². The van der Waals surface area contributed by atoms with Crippen LogP contribution in [0.5, 0.6) is 0 Å². The number of urea groups is 1. The lowest BCUT2D eigenvalue weighted by Crippen LogP contribution is -2.46. The van der Waals surface area contributed by atoms with Crippen molar-refractivity contribution in [1.82, 2.24) is 10.6 Å². The van der Waals surface area contributed by atoms with Crippen molar-refractivity contribution in [2.75, 3.05) is 0 Å². The average Bonchev–Trinajstić information content (AvgIpc) is 2.64. The summed E-state index contributed by atoms with van der Waals surface area (Å²) in [7, 11) is 0. The zero-order valence-electron chi connectivity index (χ0n) is 9.93. The molecule has 3 rings (SSSR count). The lowest BCUT2D eigenvalue weighted by atomic mass is 9.76. The fourth-order valence-electron chi connectivity index (χ4n) is 2.93. The first kappa shape index (κ1) is 11.6. The molecular weight excluding hydrogens is 250 g/mol. The Morgan fingerprint density at radius 3 is 2.74 bits per heavy atom. The maximum absolute atomic E-state index is 12.0. The molecule has 2 N–H and O–H groups in total. The van der Waals surface area contributed by atoms with Crippen LogP contribution in [-0.4, -0.2) is 16.9 Å². The Morgan fingerprint density at radius 1 is 1.32 bits per heavy atom. The Labute approximate surface area is 108 Å². The van der Waals surface area contributed by atoms with Gasteiger partial charge >= 0.3 is 6.03 Å². The molecule has 1 aromatic rings. The topological polar surface area (TPSA) is 101 Å². The number of nitro benzene ring substituents is 1. The van der Waals surface area contributed by atoms with Gasteiger partial charge in [-0.2, -0.15) is 0 Å². The van der Waals surface area contributed by atoms with Crippen molar-refractivity contribution in [3.05, 3.63) is 39.4 Å². The van der Waals surface area contributed by atoms with E-state index < -0.39 is 22.4 Å². The van der Waals surface area contributed by atoms with Gasteiger partial charge in [0.25, 0.3) is 11.6 Å². The maximum atomic E-state index is 12.0. The smallest absolute Gasteiger partial charge is 0.319 e. The van der Waals surface area contributed by atoms with Crippen LogP contribution in [0.2, 0.25) is 0 Å². The van der Waals surface area contributed by atoms with Gasteiger partial charge in [0.15, 0.2) is 0 Å². The van der Waals surface area contributed by atoms with Crippen LogP contribution in [-0.2, 0) is 16.8 Å². The molecule has 0 radical (unpaired) electrons. The van der Waals surface area contributed by atoms with Crippen molar-refractivity contribution >= 4 is 17.6 Å². The number of rotatable bonds is 1. The van der Waals surface area contributed by atoms with Crippen molar-refractivity contribution in [2.45, 2.75) is 24.8 Å². The van der Waals surface area contributed by atoms with Crippen LogP contribution < -0.4 is 10.6 Å². The molecule has 7 heteroatoms. The number of carbonyl (C=O) groups is 2. The molecule has 2 aliphatic rings. The summed E-state index contributed by atoms with van der Waals surface area (Å²) in [6, 6.07) is 4.09. The molecule has 98 valence electrons. The number of amides is 3. The number of nitrogens with one attached hydrogen (secondary N) is 2. The second kappa shape index (κ2) is 3.78. The van der Waals surface area contributed by atoms with Crippen molar-refractivity contribution in [3.63, 3.8) is 0 Å². The number of carbonyl (C=O) groups excluding carboxylic acids is 2. The molecule has 1 aliphatic carbocycles. The second-order valence-electron chi connectivity index (χ2n) is 4.73. The fraction of sp³-hybridized carbons (Fsp3) is 0.333. The third-order valence-corrected chi connectivity index (χ3v) is 3.73.